The average molecular weight is 372 g/mol. The molecule has 0 aliphatic heterocycles. The van der Waals surface area contributed by atoms with Crippen molar-refractivity contribution >= 4 is 28.8 Å². The number of pyridine rings is 1. The number of imidazole rings is 1. The standard InChI is InChI=1S/C16H10ClF4N3O/c1-8-13(15(25)23-11-4-2-3-10(18)6-11)24-7-9(16(19,20)21)5-12(17)14(24)22-8/h2-7H,1H3,(H,23,25). The van der Waals surface area contributed by atoms with Crippen LogP contribution in [0, 0.1) is 12.7 Å². The number of carbonyl (C=O) groups is 1. The lowest BCUT2D eigenvalue weighted by atomic mass is 10.2. The van der Waals surface area contributed by atoms with Crippen molar-refractivity contribution in [1.82, 2.24) is 9.38 Å². The summed E-state index contributed by atoms with van der Waals surface area (Å²) in [6, 6.07) is 5.88. The maximum atomic E-state index is 13.2. The number of rotatable bonds is 2. The van der Waals surface area contributed by atoms with E-state index >= 15 is 0 Å². The molecule has 0 radical (unpaired) electrons. The molecule has 4 nitrogen and oxygen atoms in total. The molecule has 25 heavy (non-hydrogen) atoms. The van der Waals surface area contributed by atoms with E-state index in [0.29, 0.717) is 0 Å². The minimum absolute atomic E-state index is 0.0246. The number of hydrogen-bond donors (Lipinski definition) is 1. The lowest BCUT2D eigenvalue weighted by Gasteiger charge is -2.10. The van der Waals surface area contributed by atoms with E-state index in [1.807, 2.05) is 0 Å². The fraction of sp³-hybridized carbons (Fsp3) is 0.125. The van der Waals surface area contributed by atoms with E-state index in [2.05, 4.69) is 10.3 Å². The number of anilines is 1. The Kier molecular flexibility index (Phi) is 4.16. The van der Waals surface area contributed by atoms with Gasteiger partial charge in [-0.1, -0.05) is 17.7 Å². The number of aromatic nitrogens is 2. The quantitative estimate of drug-likeness (QED) is 0.663. The summed E-state index contributed by atoms with van der Waals surface area (Å²) in [6.45, 7) is 1.47. The average Bonchev–Trinajstić information content (AvgIpc) is 2.83. The van der Waals surface area contributed by atoms with Gasteiger partial charge in [0.15, 0.2) is 5.65 Å². The van der Waals surface area contributed by atoms with Gasteiger partial charge in [0, 0.05) is 11.9 Å². The molecule has 0 atom stereocenters. The number of nitrogens with one attached hydrogen (secondary N) is 1. The molecule has 2 heterocycles. The molecule has 0 unspecified atom stereocenters. The molecule has 1 aromatic carbocycles. The molecule has 0 fully saturated rings. The number of nitrogens with zero attached hydrogens (tertiary/aromatic N) is 2. The van der Waals surface area contributed by atoms with Crippen LogP contribution in [0.5, 0.6) is 0 Å². The van der Waals surface area contributed by atoms with E-state index in [1.165, 1.54) is 25.1 Å². The molecule has 3 rings (SSSR count). The summed E-state index contributed by atoms with van der Waals surface area (Å²) >= 11 is 5.87. The van der Waals surface area contributed by atoms with Crippen molar-refractivity contribution < 1.29 is 22.4 Å². The molecule has 130 valence electrons. The van der Waals surface area contributed by atoms with Crippen LogP contribution in [0.3, 0.4) is 0 Å². The van der Waals surface area contributed by atoms with Gasteiger partial charge in [-0.05, 0) is 31.2 Å². The van der Waals surface area contributed by atoms with Gasteiger partial charge in [0.1, 0.15) is 11.5 Å². The summed E-state index contributed by atoms with van der Waals surface area (Å²) in [4.78, 5) is 16.5. The largest absolute Gasteiger partial charge is 0.417 e. The summed E-state index contributed by atoms with van der Waals surface area (Å²) in [5, 5.41) is 2.20. The van der Waals surface area contributed by atoms with Gasteiger partial charge in [0.25, 0.3) is 5.91 Å². The second kappa shape index (κ2) is 6.03. The predicted octanol–water partition coefficient (Wildman–Crippen LogP) is 4.71. The molecule has 1 amide bonds. The van der Waals surface area contributed by atoms with Gasteiger partial charge in [-0.3, -0.25) is 9.20 Å². The van der Waals surface area contributed by atoms with Crippen LogP contribution in [0.2, 0.25) is 5.02 Å². The van der Waals surface area contributed by atoms with Gasteiger partial charge in [-0.15, -0.1) is 0 Å². The number of fused-ring (bicyclic) bond motifs is 1. The highest BCUT2D eigenvalue weighted by Crippen LogP contribution is 2.33. The Morgan fingerprint density at radius 2 is 2.00 bits per heavy atom. The van der Waals surface area contributed by atoms with Crippen molar-refractivity contribution in [3.05, 3.63) is 64.3 Å². The van der Waals surface area contributed by atoms with Crippen LogP contribution in [0.25, 0.3) is 5.65 Å². The van der Waals surface area contributed by atoms with Gasteiger partial charge in [-0.25, -0.2) is 9.37 Å². The number of carbonyl (C=O) groups excluding carboxylic acids is 1. The summed E-state index contributed by atoms with van der Waals surface area (Å²) in [5.74, 6) is -1.29. The zero-order chi connectivity index (χ0) is 18.4. The Bertz CT molecular complexity index is 981. The Balaban J connectivity index is 2.10. The van der Waals surface area contributed by atoms with Crippen LogP contribution < -0.4 is 5.32 Å². The molecular weight excluding hydrogens is 362 g/mol. The number of halogens is 5. The Hall–Kier alpha value is -2.61. The van der Waals surface area contributed by atoms with Crippen molar-refractivity contribution in [2.24, 2.45) is 0 Å². The van der Waals surface area contributed by atoms with Gasteiger partial charge >= 0.3 is 6.18 Å². The molecular formula is C16H10ClF4N3O. The minimum atomic E-state index is -4.63. The van der Waals surface area contributed by atoms with Crippen LogP contribution in [0.1, 0.15) is 21.7 Å². The molecule has 0 aliphatic carbocycles. The van der Waals surface area contributed by atoms with Crippen LogP contribution in [-0.2, 0) is 6.18 Å². The zero-order valence-electron chi connectivity index (χ0n) is 12.7. The minimum Gasteiger partial charge on any atom is -0.321 e. The summed E-state index contributed by atoms with van der Waals surface area (Å²) < 4.78 is 53.2. The van der Waals surface area contributed by atoms with Crippen molar-refractivity contribution in [2.45, 2.75) is 13.1 Å². The van der Waals surface area contributed by atoms with Crippen molar-refractivity contribution in [3.63, 3.8) is 0 Å². The highest BCUT2D eigenvalue weighted by Gasteiger charge is 2.32. The fourth-order valence-electron chi connectivity index (χ4n) is 2.40. The summed E-state index contributed by atoms with van der Waals surface area (Å²) in [7, 11) is 0. The molecule has 2 aromatic heterocycles. The van der Waals surface area contributed by atoms with E-state index in [1.54, 1.807) is 0 Å². The van der Waals surface area contributed by atoms with Crippen LogP contribution in [0.15, 0.2) is 36.5 Å². The second-order valence-electron chi connectivity index (χ2n) is 5.28. The highest BCUT2D eigenvalue weighted by atomic mass is 35.5. The highest BCUT2D eigenvalue weighted by molar-refractivity contribution is 6.33. The van der Waals surface area contributed by atoms with Crippen LogP contribution in [0.4, 0.5) is 23.2 Å². The number of hydrogen-bond acceptors (Lipinski definition) is 2. The SMILES string of the molecule is Cc1nc2c(Cl)cc(C(F)(F)F)cn2c1C(=O)Nc1cccc(F)c1. The summed E-state index contributed by atoms with van der Waals surface area (Å²) in [5.41, 5.74) is -0.751. The first-order valence-electron chi connectivity index (χ1n) is 6.99. The Labute approximate surface area is 144 Å². The molecule has 3 aromatic rings. The maximum Gasteiger partial charge on any atom is 0.417 e. The number of amides is 1. The van der Waals surface area contributed by atoms with E-state index in [0.717, 1.165) is 22.7 Å². The molecule has 0 aliphatic rings. The second-order valence-corrected chi connectivity index (χ2v) is 5.69. The monoisotopic (exact) mass is 371 g/mol. The third kappa shape index (κ3) is 3.30. The maximum absolute atomic E-state index is 13.2. The Morgan fingerprint density at radius 3 is 2.64 bits per heavy atom. The molecule has 1 N–H and O–H groups in total. The van der Waals surface area contributed by atoms with Gasteiger partial charge < -0.3 is 5.32 Å². The zero-order valence-corrected chi connectivity index (χ0v) is 13.4. The molecule has 0 saturated heterocycles. The van der Waals surface area contributed by atoms with Crippen LogP contribution >= 0.6 is 11.6 Å². The molecule has 0 bridgehead atoms. The van der Waals surface area contributed by atoms with E-state index in [-0.39, 0.29) is 27.7 Å². The molecule has 9 heteroatoms. The molecule has 0 spiro atoms. The first-order chi connectivity index (χ1) is 11.7. The van der Waals surface area contributed by atoms with Crippen molar-refractivity contribution in [1.29, 1.82) is 0 Å². The van der Waals surface area contributed by atoms with Crippen molar-refractivity contribution in [2.75, 3.05) is 5.32 Å². The van der Waals surface area contributed by atoms with Gasteiger partial charge in [0.05, 0.1) is 16.3 Å². The third-order valence-corrected chi connectivity index (χ3v) is 3.75. The lowest BCUT2D eigenvalue weighted by Crippen LogP contribution is -2.16. The topological polar surface area (TPSA) is 46.4 Å². The third-order valence-electron chi connectivity index (χ3n) is 3.47. The van der Waals surface area contributed by atoms with Crippen molar-refractivity contribution in [3.8, 4) is 0 Å². The van der Waals surface area contributed by atoms with Crippen LogP contribution in [-0.4, -0.2) is 15.3 Å². The van der Waals surface area contributed by atoms with Gasteiger partial charge in [-0.2, -0.15) is 13.2 Å². The van der Waals surface area contributed by atoms with Gasteiger partial charge in [0.2, 0.25) is 0 Å². The fourth-order valence-corrected chi connectivity index (χ4v) is 2.65. The van der Waals surface area contributed by atoms with E-state index in [4.69, 9.17) is 11.6 Å². The number of benzene rings is 1. The molecule has 0 saturated carbocycles. The smallest absolute Gasteiger partial charge is 0.321 e. The predicted molar refractivity (Wildman–Crippen MR) is 84.3 cm³/mol. The number of alkyl halides is 3. The number of aryl methyl sites for hydroxylation is 1. The first kappa shape index (κ1) is 17.2. The van der Waals surface area contributed by atoms with E-state index in [9.17, 15) is 22.4 Å². The lowest BCUT2D eigenvalue weighted by molar-refractivity contribution is -0.137. The normalized spacial score (nSPS) is 11.8. The van der Waals surface area contributed by atoms with E-state index < -0.39 is 23.5 Å². The summed E-state index contributed by atoms with van der Waals surface area (Å²) in [6.07, 6.45) is -3.88. The first-order valence-corrected chi connectivity index (χ1v) is 7.37. The Morgan fingerprint density at radius 1 is 1.28 bits per heavy atom.